The van der Waals surface area contributed by atoms with Gasteiger partial charge in [-0.15, -0.1) is 0 Å². The number of anilines is 1. The standard InChI is InChI=1S/C12H13NO/c1-8-2-3-9-10(6-8)13-11(14)7-12(9)4-5-12/h2-3,6H,4-5,7H2,1H3,(H,13,14). The molecule has 3 rings (SSSR count). The highest BCUT2D eigenvalue weighted by Gasteiger charge is 2.49. The molecule has 1 saturated carbocycles. The second kappa shape index (κ2) is 2.38. The lowest BCUT2D eigenvalue weighted by Crippen LogP contribution is -2.27. The second-order valence-corrected chi connectivity index (χ2v) is 4.55. The van der Waals surface area contributed by atoms with E-state index < -0.39 is 0 Å². The zero-order valence-electron chi connectivity index (χ0n) is 8.26. The van der Waals surface area contributed by atoms with Crippen LogP contribution in [0.3, 0.4) is 0 Å². The topological polar surface area (TPSA) is 29.1 Å². The van der Waals surface area contributed by atoms with Crippen LogP contribution >= 0.6 is 0 Å². The van der Waals surface area contributed by atoms with Crippen LogP contribution in [0, 0.1) is 6.92 Å². The molecule has 2 heteroatoms. The Balaban J connectivity index is 2.17. The Morgan fingerprint density at radius 3 is 2.86 bits per heavy atom. The number of hydrogen-bond acceptors (Lipinski definition) is 1. The Morgan fingerprint density at radius 1 is 1.36 bits per heavy atom. The number of hydrogen-bond donors (Lipinski definition) is 1. The van der Waals surface area contributed by atoms with Gasteiger partial charge in [0.1, 0.15) is 0 Å². The number of benzene rings is 1. The van der Waals surface area contributed by atoms with Gasteiger partial charge in [0.15, 0.2) is 0 Å². The Morgan fingerprint density at radius 2 is 2.14 bits per heavy atom. The van der Waals surface area contributed by atoms with Crippen molar-refractivity contribution in [1.82, 2.24) is 0 Å². The van der Waals surface area contributed by atoms with E-state index in [0.29, 0.717) is 6.42 Å². The van der Waals surface area contributed by atoms with Gasteiger partial charge in [-0.3, -0.25) is 4.79 Å². The summed E-state index contributed by atoms with van der Waals surface area (Å²) in [6.07, 6.45) is 3.04. The molecule has 1 aromatic carbocycles. The summed E-state index contributed by atoms with van der Waals surface area (Å²) in [6, 6.07) is 6.39. The summed E-state index contributed by atoms with van der Waals surface area (Å²) >= 11 is 0. The number of amides is 1. The minimum Gasteiger partial charge on any atom is -0.326 e. The van der Waals surface area contributed by atoms with Gasteiger partial charge in [0.05, 0.1) is 0 Å². The fourth-order valence-corrected chi connectivity index (χ4v) is 2.42. The number of carbonyl (C=O) groups is 1. The van der Waals surface area contributed by atoms with E-state index in [1.165, 1.54) is 24.0 Å². The van der Waals surface area contributed by atoms with Crippen LogP contribution in [0.2, 0.25) is 0 Å². The highest BCUT2D eigenvalue weighted by atomic mass is 16.1. The van der Waals surface area contributed by atoms with Gasteiger partial charge in [0, 0.05) is 17.5 Å². The van der Waals surface area contributed by atoms with E-state index in [9.17, 15) is 4.79 Å². The molecule has 1 fully saturated rings. The highest BCUT2D eigenvalue weighted by molar-refractivity contribution is 5.96. The molecule has 0 atom stereocenters. The van der Waals surface area contributed by atoms with Crippen LogP contribution in [0.25, 0.3) is 0 Å². The van der Waals surface area contributed by atoms with E-state index in [-0.39, 0.29) is 11.3 Å². The maximum atomic E-state index is 11.5. The summed E-state index contributed by atoms with van der Waals surface area (Å²) in [5.74, 6) is 0.181. The van der Waals surface area contributed by atoms with Gasteiger partial charge in [0.2, 0.25) is 5.91 Å². The van der Waals surface area contributed by atoms with Gasteiger partial charge >= 0.3 is 0 Å². The molecule has 1 N–H and O–H groups in total. The predicted octanol–water partition coefficient (Wildman–Crippen LogP) is 2.37. The minimum atomic E-state index is 0.181. The van der Waals surface area contributed by atoms with Crippen molar-refractivity contribution < 1.29 is 4.79 Å². The number of nitrogens with one attached hydrogen (secondary N) is 1. The smallest absolute Gasteiger partial charge is 0.225 e. The van der Waals surface area contributed by atoms with Crippen LogP contribution in [0.15, 0.2) is 18.2 Å². The van der Waals surface area contributed by atoms with E-state index in [4.69, 9.17) is 0 Å². The number of rotatable bonds is 0. The Kier molecular flexibility index (Phi) is 1.37. The normalized spacial score (nSPS) is 21.6. The van der Waals surface area contributed by atoms with E-state index >= 15 is 0 Å². The molecule has 72 valence electrons. The van der Waals surface area contributed by atoms with Crippen molar-refractivity contribution in [3.05, 3.63) is 29.3 Å². The van der Waals surface area contributed by atoms with Crippen molar-refractivity contribution >= 4 is 11.6 Å². The van der Waals surface area contributed by atoms with E-state index in [1.807, 2.05) is 0 Å². The van der Waals surface area contributed by atoms with Crippen LogP contribution in [0.1, 0.15) is 30.4 Å². The fraction of sp³-hybridized carbons (Fsp3) is 0.417. The third kappa shape index (κ3) is 0.999. The van der Waals surface area contributed by atoms with Crippen LogP contribution < -0.4 is 5.32 Å². The predicted molar refractivity (Wildman–Crippen MR) is 55.3 cm³/mol. The quantitative estimate of drug-likeness (QED) is 0.663. The van der Waals surface area contributed by atoms with Gasteiger partial charge in [0.25, 0.3) is 0 Å². The number of fused-ring (bicyclic) bond motifs is 2. The zero-order chi connectivity index (χ0) is 9.76. The van der Waals surface area contributed by atoms with E-state index in [0.717, 1.165) is 5.69 Å². The van der Waals surface area contributed by atoms with Crippen LogP contribution in [-0.4, -0.2) is 5.91 Å². The van der Waals surface area contributed by atoms with Crippen molar-refractivity contribution in [2.45, 2.75) is 31.6 Å². The summed E-state index contributed by atoms with van der Waals surface area (Å²) in [4.78, 5) is 11.5. The van der Waals surface area contributed by atoms with Crippen molar-refractivity contribution in [3.8, 4) is 0 Å². The molecule has 2 nitrogen and oxygen atoms in total. The summed E-state index contributed by atoms with van der Waals surface area (Å²) < 4.78 is 0. The third-order valence-corrected chi connectivity index (χ3v) is 3.37. The average molecular weight is 187 g/mol. The molecule has 14 heavy (non-hydrogen) atoms. The summed E-state index contributed by atoms with van der Waals surface area (Å²) in [7, 11) is 0. The Hall–Kier alpha value is -1.31. The molecule has 2 aliphatic rings. The first-order chi connectivity index (χ1) is 6.70. The Bertz CT molecular complexity index is 418. The van der Waals surface area contributed by atoms with Crippen LogP contribution in [-0.2, 0) is 10.2 Å². The van der Waals surface area contributed by atoms with E-state index in [2.05, 4.69) is 30.4 Å². The molecule has 0 saturated heterocycles. The minimum absolute atomic E-state index is 0.181. The second-order valence-electron chi connectivity index (χ2n) is 4.55. The zero-order valence-corrected chi connectivity index (χ0v) is 8.26. The third-order valence-electron chi connectivity index (χ3n) is 3.37. The summed E-state index contributed by atoms with van der Waals surface area (Å²) in [5.41, 5.74) is 3.81. The molecule has 1 aliphatic carbocycles. The maximum Gasteiger partial charge on any atom is 0.225 e. The largest absolute Gasteiger partial charge is 0.326 e. The molecule has 1 amide bonds. The van der Waals surface area contributed by atoms with Gasteiger partial charge in [-0.2, -0.15) is 0 Å². The molecule has 0 unspecified atom stereocenters. The molecule has 1 aliphatic heterocycles. The van der Waals surface area contributed by atoms with Crippen LogP contribution in [0.5, 0.6) is 0 Å². The monoisotopic (exact) mass is 187 g/mol. The first-order valence-electron chi connectivity index (χ1n) is 5.11. The first-order valence-corrected chi connectivity index (χ1v) is 5.11. The number of aryl methyl sites for hydroxylation is 1. The fourth-order valence-electron chi connectivity index (χ4n) is 2.42. The van der Waals surface area contributed by atoms with Crippen molar-refractivity contribution in [2.75, 3.05) is 5.32 Å². The van der Waals surface area contributed by atoms with Crippen molar-refractivity contribution in [3.63, 3.8) is 0 Å². The maximum absolute atomic E-state index is 11.5. The lowest BCUT2D eigenvalue weighted by molar-refractivity contribution is -0.117. The van der Waals surface area contributed by atoms with Crippen LogP contribution in [0.4, 0.5) is 5.69 Å². The first kappa shape index (κ1) is 8.04. The molecule has 0 bridgehead atoms. The molecular weight excluding hydrogens is 174 g/mol. The SMILES string of the molecule is Cc1ccc2c(c1)NC(=O)CC21CC1. The molecule has 0 radical (unpaired) electrons. The van der Waals surface area contributed by atoms with E-state index in [1.54, 1.807) is 0 Å². The molecule has 1 aromatic rings. The molecular formula is C12H13NO. The molecule has 1 spiro atoms. The lowest BCUT2D eigenvalue weighted by Gasteiger charge is -2.25. The molecule has 0 aromatic heterocycles. The summed E-state index contributed by atoms with van der Waals surface area (Å²) in [6.45, 7) is 2.06. The number of carbonyl (C=O) groups excluding carboxylic acids is 1. The van der Waals surface area contributed by atoms with Crippen molar-refractivity contribution in [2.24, 2.45) is 0 Å². The highest BCUT2D eigenvalue weighted by Crippen LogP contribution is 2.55. The summed E-state index contributed by atoms with van der Waals surface area (Å²) in [5, 5.41) is 2.96. The average Bonchev–Trinajstić information content (AvgIpc) is 2.84. The van der Waals surface area contributed by atoms with Gasteiger partial charge < -0.3 is 5.32 Å². The van der Waals surface area contributed by atoms with Gasteiger partial charge in [-0.25, -0.2) is 0 Å². The van der Waals surface area contributed by atoms with Gasteiger partial charge in [-0.1, -0.05) is 12.1 Å². The molecule has 1 heterocycles. The van der Waals surface area contributed by atoms with Gasteiger partial charge in [-0.05, 0) is 37.0 Å². The van der Waals surface area contributed by atoms with Crippen molar-refractivity contribution in [1.29, 1.82) is 0 Å². The lowest BCUT2D eigenvalue weighted by atomic mass is 9.87. The Labute approximate surface area is 83.3 Å².